The summed E-state index contributed by atoms with van der Waals surface area (Å²) in [6, 6.07) is 11.6. The summed E-state index contributed by atoms with van der Waals surface area (Å²) in [7, 11) is 3.10. The lowest BCUT2D eigenvalue weighted by Gasteiger charge is -2.31. The van der Waals surface area contributed by atoms with Crippen LogP contribution in [0.4, 0.5) is 0 Å². The van der Waals surface area contributed by atoms with Crippen molar-refractivity contribution >= 4 is 17.4 Å². The molecule has 36 heavy (non-hydrogen) atoms. The van der Waals surface area contributed by atoms with Crippen molar-refractivity contribution in [2.75, 3.05) is 20.8 Å². The maximum absolute atomic E-state index is 13.3. The van der Waals surface area contributed by atoms with Gasteiger partial charge in [-0.1, -0.05) is 38.7 Å². The molecule has 1 heterocycles. The van der Waals surface area contributed by atoms with Crippen LogP contribution in [0.3, 0.4) is 0 Å². The Morgan fingerprint density at radius 3 is 2.31 bits per heavy atom. The maximum Gasteiger partial charge on any atom is 0.295 e. The average molecular weight is 494 g/mol. The molecule has 2 aliphatic rings. The molecule has 192 valence electrons. The normalized spacial score (nSPS) is 19.6. The Hall–Kier alpha value is -3.48. The van der Waals surface area contributed by atoms with Crippen LogP contribution < -0.4 is 14.2 Å². The molecule has 7 heteroatoms. The molecular formula is C29H35NO6. The first kappa shape index (κ1) is 25.6. The third-order valence-corrected chi connectivity index (χ3v) is 7.07. The number of ether oxygens (including phenoxy) is 3. The number of aliphatic hydroxyl groups excluding tert-OH is 1. The standard InChI is InChI=1S/C29H35NO6/c1-4-5-8-17-36-22-14-11-19(12-15-22)27(31)25-26(20-13-16-23(34-2)24(18-20)35-3)30(29(33)28(25)32)21-9-6-7-10-21/h11-16,18,21,26,31H,4-10,17H2,1-3H3/b27-25-. The minimum atomic E-state index is -0.710. The molecule has 0 aromatic heterocycles. The van der Waals surface area contributed by atoms with Gasteiger partial charge in [0.25, 0.3) is 11.7 Å². The molecule has 2 aromatic rings. The van der Waals surface area contributed by atoms with Crippen LogP contribution in [0.25, 0.3) is 5.76 Å². The van der Waals surface area contributed by atoms with Crippen molar-refractivity contribution < 1.29 is 28.9 Å². The number of nitrogens with zero attached hydrogens (tertiary/aromatic N) is 1. The Bertz CT molecular complexity index is 1120. The van der Waals surface area contributed by atoms with E-state index in [1.807, 2.05) is 6.07 Å². The average Bonchev–Trinajstić information content (AvgIpc) is 3.52. The largest absolute Gasteiger partial charge is 0.507 e. The summed E-state index contributed by atoms with van der Waals surface area (Å²) in [5.74, 6) is 0.319. The zero-order chi connectivity index (χ0) is 25.7. The number of carbonyl (C=O) groups excluding carboxylic acids is 2. The van der Waals surface area contributed by atoms with Crippen LogP contribution >= 0.6 is 0 Å². The van der Waals surface area contributed by atoms with Crippen LogP contribution in [0.15, 0.2) is 48.0 Å². The molecule has 1 atom stereocenters. The van der Waals surface area contributed by atoms with Gasteiger partial charge in [0, 0.05) is 11.6 Å². The highest BCUT2D eigenvalue weighted by Gasteiger charge is 2.49. The van der Waals surface area contributed by atoms with Gasteiger partial charge >= 0.3 is 0 Å². The van der Waals surface area contributed by atoms with Crippen LogP contribution in [0.2, 0.25) is 0 Å². The van der Waals surface area contributed by atoms with Gasteiger partial charge in [-0.15, -0.1) is 0 Å². The molecular weight excluding hydrogens is 458 g/mol. The van der Waals surface area contributed by atoms with Crippen molar-refractivity contribution in [3.8, 4) is 17.2 Å². The van der Waals surface area contributed by atoms with Crippen molar-refractivity contribution in [3.63, 3.8) is 0 Å². The van der Waals surface area contributed by atoms with E-state index < -0.39 is 17.7 Å². The molecule has 1 unspecified atom stereocenters. The number of carbonyl (C=O) groups is 2. The van der Waals surface area contributed by atoms with Gasteiger partial charge in [-0.2, -0.15) is 0 Å². The Labute approximate surface area is 212 Å². The number of amides is 1. The van der Waals surface area contributed by atoms with E-state index in [0.717, 1.165) is 44.9 Å². The number of rotatable bonds is 10. The number of hydrogen-bond acceptors (Lipinski definition) is 6. The van der Waals surface area contributed by atoms with Crippen molar-refractivity contribution in [2.24, 2.45) is 0 Å². The predicted molar refractivity (Wildman–Crippen MR) is 137 cm³/mol. The number of hydrogen-bond donors (Lipinski definition) is 1. The van der Waals surface area contributed by atoms with Crippen LogP contribution in [-0.4, -0.2) is 48.6 Å². The highest BCUT2D eigenvalue weighted by Crippen LogP contribution is 2.45. The summed E-state index contributed by atoms with van der Waals surface area (Å²) in [6.07, 6.45) is 6.89. The Balaban J connectivity index is 1.73. The number of methoxy groups -OCH3 is 2. The van der Waals surface area contributed by atoms with Crippen LogP contribution in [-0.2, 0) is 9.59 Å². The van der Waals surface area contributed by atoms with E-state index in [1.54, 1.807) is 55.5 Å². The summed E-state index contributed by atoms with van der Waals surface area (Å²) in [4.78, 5) is 28.3. The first-order valence-electron chi connectivity index (χ1n) is 12.7. The lowest BCUT2D eigenvalue weighted by atomic mass is 9.94. The third kappa shape index (κ3) is 5.06. The predicted octanol–water partition coefficient (Wildman–Crippen LogP) is 5.64. The summed E-state index contributed by atoms with van der Waals surface area (Å²) < 4.78 is 16.6. The van der Waals surface area contributed by atoms with E-state index in [1.165, 1.54) is 0 Å². The zero-order valence-electron chi connectivity index (χ0n) is 21.3. The van der Waals surface area contributed by atoms with Gasteiger partial charge in [0.05, 0.1) is 32.4 Å². The van der Waals surface area contributed by atoms with Crippen molar-refractivity contribution in [1.29, 1.82) is 0 Å². The molecule has 7 nitrogen and oxygen atoms in total. The molecule has 0 bridgehead atoms. The van der Waals surface area contributed by atoms with Gasteiger partial charge in [0.15, 0.2) is 11.5 Å². The molecule has 1 amide bonds. The number of ketones is 1. The summed E-state index contributed by atoms with van der Waals surface area (Å²) in [5.41, 5.74) is 1.25. The fourth-order valence-electron chi connectivity index (χ4n) is 5.17. The number of aliphatic hydroxyl groups is 1. The summed E-state index contributed by atoms with van der Waals surface area (Å²) in [6.45, 7) is 2.77. The van der Waals surface area contributed by atoms with E-state index in [4.69, 9.17) is 14.2 Å². The zero-order valence-corrected chi connectivity index (χ0v) is 21.3. The van der Waals surface area contributed by atoms with E-state index in [9.17, 15) is 14.7 Å². The summed E-state index contributed by atoms with van der Waals surface area (Å²) in [5, 5.41) is 11.3. The molecule has 0 spiro atoms. The lowest BCUT2D eigenvalue weighted by Crippen LogP contribution is -2.37. The van der Waals surface area contributed by atoms with Crippen molar-refractivity contribution in [1.82, 2.24) is 4.90 Å². The van der Waals surface area contributed by atoms with Gasteiger partial charge in [0.2, 0.25) is 0 Å². The Kier molecular flexibility index (Phi) is 8.18. The molecule has 1 aliphatic carbocycles. The fourth-order valence-corrected chi connectivity index (χ4v) is 5.17. The lowest BCUT2D eigenvalue weighted by molar-refractivity contribution is -0.141. The van der Waals surface area contributed by atoms with Crippen molar-refractivity contribution in [2.45, 2.75) is 64.0 Å². The SMILES string of the molecule is CCCCCOc1ccc(/C(O)=C2/C(=O)C(=O)N(C3CCCC3)C2c2ccc(OC)c(OC)c2)cc1. The molecule has 1 saturated heterocycles. The van der Waals surface area contributed by atoms with Crippen LogP contribution in [0.5, 0.6) is 17.2 Å². The molecule has 2 aromatic carbocycles. The van der Waals surface area contributed by atoms with Crippen LogP contribution in [0.1, 0.15) is 69.0 Å². The first-order chi connectivity index (χ1) is 17.5. The van der Waals surface area contributed by atoms with Gasteiger partial charge < -0.3 is 24.2 Å². The Morgan fingerprint density at radius 2 is 1.67 bits per heavy atom. The fraction of sp³-hybridized carbons (Fsp3) is 0.448. The third-order valence-electron chi connectivity index (χ3n) is 7.07. The van der Waals surface area contributed by atoms with E-state index in [0.29, 0.717) is 35.0 Å². The summed E-state index contributed by atoms with van der Waals surface area (Å²) >= 11 is 0. The second-order valence-electron chi connectivity index (χ2n) is 9.34. The first-order valence-corrected chi connectivity index (χ1v) is 12.7. The van der Waals surface area contributed by atoms with Gasteiger partial charge in [-0.05, 0) is 61.2 Å². The van der Waals surface area contributed by atoms with Gasteiger partial charge in [-0.25, -0.2) is 0 Å². The molecule has 1 N–H and O–H groups in total. The quantitative estimate of drug-likeness (QED) is 0.200. The Morgan fingerprint density at radius 1 is 0.972 bits per heavy atom. The maximum atomic E-state index is 13.3. The number of likely N-dealkylation sites (tertiary alicyclic amines) is 1. The van der Waals surface area contributed by atoms with E-state index in [-0.39, 0.29) is 17.4 Å². The molecule has 1 aliphatic heterocycles. The van der Waals surface area contributed by atoms with E-state index >= 15 is 0 Å². The number of unbranched alkanes of at least 4 members (excludes halogenated alkanes) is 2. The monoisotopic (exact) mass is 493 g/mol. The highest BCUT2D eigenvalue weighted by molar-refractivity contribution is 6.46. The van der Waals surface area contributed by atoms with E-state index in [2.05, 4.69) is 6.92 Å². The minimum absolute atomic E-state index is 0.0521. The molecule has 1 saturated carbocycles. The van der Waals surface area contributed by atoms with Gasteiger partial charge in [0.1, 0.15) is 11.5 Å². The minimum Gasteiger partial charge on any atom is -0.507 e. The molecule has 2 fully saturated rings. The smallest absolute Gasteiger partial charge is 0.295 e. The number of Topliss-reactive ketones (excluding diaryl/α,β-unsaturated/α-hetero) is 1. The van der Waals surface area contributed by atoms with Crippen LogP contribution in [0, 0.1) is 0 Å². The number of benzene rings is 2. The van der Waals surface area contributed by atoms with Crippen molar-refractivity contribution in [3.05, 3.63) is 59.2 Å². The second-order valence-corrected chi connectivity index (χ2v) is 9.34. The molecule has 0 radical (unpaired) electrons. The van der Waals surface area contributed by atoms with Gasteiger partial charge in [-0.3, -0.25) is 9.59 Å². The topological polar surface area (TPSA) is 85.3 Å². The second kappa shape index (κ2) is 11.5. The highest BCUT2D eigenvalue weighted by atomic mass is 16.5. The molecule has 4 rings (SSSR count).